The highest BCUT2D eigenvalue weighted by Crippen LogP contribution is 2.39. The minimum Gasteiger partial charge on any atom is -0.273 e. The third-order valence-electron chi connectivity index (χ3n) is 4.24. The van der Waals surface area contributed by atoms with E-state index >= 15 is 0 Å². The number of fused-ring (bicyclic) bond motifs is 1. The highest BCUT2D eigenvalue weighted by molar-refractivity contribution is 8.77. The molecule has 0 radical (unpaired) electrons. The van der Waals surface area contributed by atoms with Crippen molar-refractivity contribution in [1.82, 2.24) is 9.66 Å². The summed E-state index contributed by atoms with van der Waals surface area (Å²) in [6.07, 6.45) is 6.21. The first-order valence-corrected chi connectivity index (χ1v) is 11.3. The number of hydrogen-bond acceptors (Lipinski definition) is 6. The van der Waals surface area contributed by atoms with Crippen molar-refractivity contribution in [3.63, 3.8) is 0 Å². The van der Waals surface area contributed by atoms with Crippen LogP contribution in [-0.2, 0) is 4.79 Å². The van der Waals surface area contributed by atoms with Gasteiger partial charge in [0.25, 0.3) is 5.56 Å². The van der Waals surface area contributed by atoms with Gasteiger partial charge >= 0.3 is 0 Å². The summed E-state index contributed by atoms with van der Waals surface area (Å²) >= 11 is 1.51. The third-order valence-corrected chi connectivity index (χ3v) is 8.36. The molecule has 0 saturated carbocycles. The van der Waals surface area contributed by atoms with E-state index in [2.05, 4.69) is 10.4 Å². The molecule has 130 valence electrons. The second-order valence-electron chi connectivity index (χ2n) is 5.99. The zero-order valence-corrected chi connectivity index (χ0v) is 16.3. The number of aromatic nitrogens is 2. The maximum Gasteiger partial charge on any atom is 0.281 e. The summed E-state index contributed by atoms with van der Waals surface area (Å²) in [5.41, 5.74) is 3.41. The molecule has 1 saturated heterocycles. The molecule has 1 atom stereocenters. The number of hydrogen-bond donors (Lipinski definition) is 1. The fourth-order valence-corrected chi connectivity index (χ4v) is 6.74. The van der Waals surface area contributed by atoms with Crippen molar-refractivity contribution >= 4 is 49.0 Å². The Morgan fingerprint density at radius 3 is 3.00 bits per heavy atom. The van der Waals surface area contributed by atoms with Gasteiger partial charge in [0, 0.05) is 22.3 Å². The average Bonchev–Trinajstić information content (AvgIpc) is 3.16. The van der Waals surface area contributed by atoms with Crippen LogP contribution in [0.2, 0.25) is 0 Å². The highest BCUT2D eigenvalue weighted by Gasteiger charge is 2.16. The molecule has 2 aromatic heterocycles. The predicted molar refractivity (Wildman–Crippen MR) is 105 cm³/mol. The molecule has 1 aliphatic heterocycles. The van der Waals surface area contributed by atoms with E-state index in [-0.39, 0.29) is 11.5 Å². The van der Waals surface area contributed by atoms with Crippen molar-refractivity contribution in [2.45, 2.75) is 51.2 Å². The smallest absolute Gasteiger partial charge is 0.273 e. The highest BCUT2D eigenvalue weighted by atomic mass is 33.1. The SMILES string of the molecule is Cc1sc2ncn(NC(=O)CCCCC3CCSS3)c(=O)c2c1C. The molecule has 1 fully saturated rings. The van der Waals surface area contributed by atoms with Crippen LogP contribution in [0.15, 0.2) is 11.1 Å². The van der Waals surface area contributed by atoms with Crippen molar-refractivity contribution in [2.75, 3.05) is 11.2 Å². The maximum absolute atomic E-state index is 12.5. The number of carbonyl (C=O) groups is 1. The zero-order chi connectivity index (χ0) is 17.1. The van der Waals surface area contributed by atoms with Gasteiger partial charge in [-0.25, -0.2) is 9.66 Å². The summed E-state index contributed by atoms with van der Waals surface area (Å²) < 4.78 is 1.22. The second-order valence-corrected chi connectivity index (χ2v) is 9.98. The lowest BCUT2D eigenvalue weighted by atomic mass is 10.1. The maximum atomic E-state index is 12.5. The molecule has 8 heteroatoms. The molecular formula is C16H21N3O2S3. The van der Waals surface area contributed by atoms with Crippen LogP contribution in [0, 0.1) is 13.8 Å². The van der Waals surface area contributed by atoms with Crippen LogP contribution >= 0.6 is 32.9 Å². The minimum absolute atomic E-state index is 0.128. The summed E-state index contributed by atoms with van der Waals surface area (Å²) in [6.45, 7) is 3.90. The van der Waals surface area contributed by atoms with Gasteiger partial charge in [-0.2, -0.15) is 0 Å². The van der Waals surface area contributed by atoms with E-state index < -0.39 is 0 Å². The molecule has 1 aliphatic rings. The monoisotopic (exact) mass is 383 g/mol. The van der Waals surface area contributed by atoms with Crippen molar-refractivity contribution < 1.29 is 4.79 Å². The number of rotatable bonds is 6. The fraction of sp³-hybridized carbons (Fsp3) is 0.562. The molecule has 1 unspecified atom stereocenters. The molecule has 2 aromatic rings. The number of amides is 1. The number of nitrogens with one attached hydrogen (secondary N) is 1. The van der Waals surface area contributed by atoms with E-state index in [0.717, 1.165) is 33.4 Å². The van der Waals surface area contributed by atoms with E-state index in [1.54, 1.807) is 0 Å². The Bertz CT molecular complexity index is 794. The van der Waals surface area contributed by atoms with Gasteiger partial charge in [-0.1, -0.05) is 28.0 Å². The van der Waals surface area contributed by atoms with Gasteiger partial charge in [0.2, 0.25) is 5.91 Å². The van der Waals surface area contributed by atoms with Crippen molar-refractivity contribution in [3.8, 4) is 0 Å². The summed E-state index contributed by atoms with van der Waals surface area (Å²) in [4.78, 5) is 30.7. The lowest BCUT2D eigenvalue weighted by molar-refractivity contribution is -0.117. The van der Waals surface area contributed by atoms with Crippen LogP contribution in [-0.4, -0.2) is 26.6 Å². The Balaban J connectivity index is 1.56. The lowest BCUT2D eigenvalue weighted by Crippen LogP contribution is -2.33. The summed E-state index contributed by atoms with van der Waals surface area (Å²) in [5.74, 6) is 1.12. The molecule has 24 heavy (non-hydrogen) atoms. The largest absolute Gasteiger partial charge is 0.281 e. The van der Waals surface area contributed by atoms with Gasteiger partial charge in [-0.15, -0.1) is 11.3 Å². The number of unbranched alkanes of at least 4 members (excludes halogenated alkanes) is 1. The third kappa shape index (κ3) is 3.97. The van der Waals surface area contributed by atoms with Gasteiger partial charge in [-0.05, 0) is 38.7 Å². The standard InChI is InChI=1S/C16H21N3O2S3/c1-10-11(2)23-15-14(10)16(21)19(9-17-15)18-13(20)6-4-3-5-12-7-8-22-24-12/h9,12H,3-8H2,1-2H3,(H,18,20). The number of thiophene rings is 1. The second kappa shape index (κ2) is 7.93. The van der Waals surface area contributed by atoms with Crippen molar-refractivity contribution in [3.05, 3.63) is 27.1 Å². The first-order chi connectivity index (χ1) is 11.6. The quantitative estimate of drug-likeness (QED) is 0.606. The van der Waals surface area contributed by atoms with E-state index in [0.29, 0.717) is 11.8 Å². The van der Waals surface area contributed by atoms with Crippen molar-refractivity contribution in [2.24, 2.45) is 0 Å². The molecule has 0 aromatic carbocycles. The van der Waals surface area contributed by atoms with E-state index in [4.69, 9.17) is 0 Å². The first kappa shape index (κ1) is 17.8. The van der Waals surface area contributed by atoms with Gasteiger partial charge in [0.1, 0.15) is 11.2 Å². The number of carbonyl (C=O) groups excluding carboxylic acids is 1. The van der Waals surface area contributed by atoms with E-state index in [1.165, 1.54) is 40.9 Å². The Morgan fingerprint density at radius 1 is 1.42 bits per heavy atom. The lowest BCUT2D eigenvalue weighted by Gasteiger charge is -2.09. The summed E-state index contributed by atoms with van der Waals surface area (Å²) in [6, 6.07) is 0. The Hall–Kier alpha value is -0.990. The number of nitrogens with zero attached hydrogens (tertiary/aromatic N) is 2. The van der Waals surface area contributed by atoms with Crippen LogP contribution < -0.4 is 11.0 Å². The van der Waals surface area contributed by atoms with Crippen molar-refractivity contribution in [1.29, 1.82) is 0 Å². The van der Waals surface area contributed by atoms with Gasteiger partial charge in [0.15, 0.2) is 0 Å². The van der Waals surface area contributed by atoms with Crippen LogP contribution in [0.4, 0.5) is 0 Å². The molecule has 1 N–H and O–H groups in total. The molecule has 3 heterocycles. The minimum atomic E-state index is -0.199. The van der Waals surface area contributed by atoms with Crippen LogP contribution in [0.5, 0.6) is 0 Å². The molecule has 5 nitrogen and oxygen atoms in total. The normalized spacial score (nSPS) is 17.5. The van der Waals surface area contributed by atoms with Crippen LogP contribution in [0.1, 0.15) is 42.5 Å². The molecule has 0 bridgehead atoms. The molecule has 1 amide bonds. The van der Waals surface area contributed by atoms with E-state index in [1.807, 2.05) is 35.4 Å². The summed E-state index contributed by atoms with van der Waals surface area (Å²) in [7, 11) is 3.92. The summed E-state index contributed by atoms with van der Waals surface area (Å²) in [5, 5.41) is 1.35. The topological polar surface area (TPSA) is 64.0 Å². The Kier molecular flexibility index (Phi) is 5.89. The predicted octanol–water partition coefficient (Wildman–Crippen LogP) is 3.86. The Morgan fingerprint density at radius 2 is 2.25 bits per heavy atom. The van der Waals surface area contributed by atoms with E-state index in [9.17, 15) is 9.59 Å². The zero-order valence-electron chi connectivity index (χ0n) is 13.8. The van der Waals surface area contributed by atoms with Crippen LogP contribution in [0.3, 0.4) is 0 Å². The van der Waals surface area contributed by atoms with Gasteiger partial charge < -0.3 is 0 Å². The Labute approximate surface area is 153 Å². The molecule has 3 rings (SSSR count). The van der Waals surface area contributed by atoms with Gasteiger partial charge in [0.05, 0.1) is 5.39 Å². The van der Waals surface area contributed by atoms with Crippen LogP contribution in [0.25, 0.3) is 10.2 Å². The fourth-order valence-electron chi connectivity index (χ4n) is 2.73. The average molecular weight is 384 g/mol. The molecule has 0 spiro atoms. The first-order valence-electron chi connectivity index (χ1n) is 8.11. The van der Waals surface area contributed by atoms with Gasteiger partial charge in [-0.3, -0.25) is 15.0 Å². The number of aryl methyl sites for hydroxylation is 2. The molecular weight excluding hydrogens is 362 g/mol. The molecule has 0 aliphatic carbocycles.